The standard InChI is InChI=1S/C32H31ClF2N4OSSeSi/c1-30(2,3)43(24-15-9-5-10-16-24,25-17-11-6-12-18-25)40-20-23-19-31(35,22-13-7-4-8-14-22)32(42,41-23)39-21-36-26-27(33)37-29(34)38-28(26)39/h4-18,21,23,42H,19-20H2,1-3H3/t23-,31+,32+/m0/s1. The van der Waals surface area contributed by atoms with Crippen molar-refractivity contribution in [1.29, 1.82) is 0 Å². The summed E-state index contributed by atoms with van der Waals surface area (Å²) >= 11 is 10.1. The van der Waals surface area contributed by atoms with Gasteiger partial charge in [0, 0.05) is 0 Å². The monoisotopic (exact) mass is 700 g/mol. The van der Waals surface area contributed by atoms with Crippen molar-refractivity contribution in [3.8, 4) is 0 Å². The molecular formula is C32H31ClF2N4OSSeSi. The molecule has 2 aromatic heterocycles. The van der Waals surface area contributed by atoms with Crippen LogP contribution in [-0.4, -0.2) is 55.7 Å². The Kier molecular flexibility index (Phi) is 8.07. The van der Waals surface area contributed by atoms with Crippen LogP contribution < -0.4 is 10.4 Å². The first-order valence-electron chi connectivity index (χ1n) is 14.0. The summed E-state index contributed by atoms with van der Waals surface area (Å²) in [6.07, 6.45) is 0.642. The van der Waals surface area contributed by atoms with E-state index in [0.29, 0.717) is 12.2 Å². The van der Waals surface area contributed by atoms with Crippen molar-refractivity contribution in [2.24, 2.45) is 0 Å². The van der Waals surface area contributed by atoms with Gasteiger partial charge >= 0.3 is 270 Å². The van der Waals surface area contributed by atoms with Crippen LogP contribution in [0.15, 0.2) is 97.3 Å². The van der Waals surface area contributed by atoms with Crippen LogP contribution in [0.5, 0.6) is 0 Å². The van der Waals surface area contributed by atoms with Crippen LogP contribution in [0.25, 0.3) is 11.2 Å². The number of alkyl halides is 1. The van der Waals surface area contributed by atoms with E-state index in [1.54, 1.807) is 16.7 Å². The molecule has 0 saturated carbocycles. The number of thioether (sulfide) groups is 1. The van der Waals surface area contributed by atoms with E-state index in [1.165, 1.54) is 18.1 Å². The van der Waals surface area contributed by atoms with Crippen LogP contribution in [0, 0.1) is 6.08 Å². The Morgan fingerprint density at radius 2 is 1.53 bits per heavy atom. The van der Waals surface area contributed by atoms with Crippen LogP contribution >= 0.6 is 23.4 Å². The normalized spacial score (nSPS) is 22.7. The van der Waals surface area contributed by atoms with Crippen molar-refractivity contribution in [2.45, 2.75) is 46.9 Å². The second kappa shape index (κ2) is 11.4. The molecule has 5 nitrogen and oxygen atoms in total. The molecule has 5 aromatic rings. The number of fused-ring (bicyclic) bond motifs is 1. The second-order valence-corrected chi connectivity index (χ2v) is 19.9. The molecule has 11 heteroatoms. The van der Waals surface area contributed by atoms with Crippen LogP contribution in [0.1, 0.15) is 32.8 Å². The Morgan fingerprint density at radius 1 is 0.977 bits per heavy atom. The number of nitrogens with zero attached hydrogens (tertiary/aromatic N) is 4. The van der Waals surface area contributed by atoms with Crippen molar-refractivity contribution < 1.29 is 13.2 Å². The zero-order valence-corrected chi connectivity index (χ0v) is 28.4. The van der Waals surface area contributed by atoms with Crippen molar-refractivity contribution >= 4 is 69.2 Å². The van der Waals surface area contributed by atoms with Gasteiger partial charge in [0.15, 0.2) is 0 Å². The molecule has 0 aliphatic carbocycles. The molecule has 222 valence electrons. The number of imidazole rings is 1. The van der Waals surface area contributed by atoms with Crippen LogP contribution in [0.3, 0.4) is 0 Å². The zero-order chi connectivity index (χ0) is 30.5. The fourth-order valence-electron chi connectivity index (χ4n) is 6.21. The predicted molar refractivity (Wildman–Crippen MR) is 174 cm³/mol. The van der Waals surface area contributed by atoms with Gasteiger partial charge < -0.3 is 0 Å². The van der Waals surface area contributed by atoms with Gasteiger partial charge in [0.05, 0.1) is 0 Å². The van der Waals surface area contributed by atoms with Crippen LogP contribution in [0.4, 0.5) is 8.78 Å². The molecule has 0 spiro atoms. The number of rotatable bonds is 7. The topological polar surface area (TPSA) is 52.8 Å². The average Bonchev–Trinajstić information content (AvgIpc) is 3.54. The molecule has 3 heterocycles. The van der Waals surface area contributed by atoms with Gasteiger partial charge in [0.2, 0.25) is 0 Å². The summed E-state index contributed by atoms with van der Waals surface area (Å²) in [4.78, 5) is 11.9. The van der Waals surface area contributed by atoms with Crippen LogP contribution in [0.2, 0.25) is 10.2 Å². The Balaban J connectivity index is 1.44. The minimum absolute atomic E-state index is 0.115. The van der Waals surface area contributed by atoms with Crippen molar-refractivity contribution in [3.05, 3.63) is 114 Å². The molecule has 1 saturated heterocycles. The number of hydrogen-bond acceptors (Lipinski definition) is 5. The molecule has 3 atom stereocenters. The van der Waals surface area contributed by atoms with Gasteiger partial charge in [-0.15, -0.1) is 0 Å². The molecule has 0 radical (unpaired) electrons. The van der Waals surface area contributed by atoms with E-state index in [4.69, 9.17) is 16.0 Å². The van der Waals surface area contributed by atoms with Gasteiger partial charge in [-0.05, 0) is 0 Å². The molecule has 43 heavy (non-hydrogen) atoms. The Bertz CT molecular complexity index is 1710. The molecule has 1 aliphatic heterocycles. The second-order valence-electron chi connectivity index (χ2n) is 11.8. The molecule has 0 bridgehead atoms. The predicted octanol–water partition coefficient (Wildman–Crippen LogP) is 6.08. The van der Waals surface area contributed by atoms with Crippen molar-refractivity contribution in [3.63, 3.8) is 0 Å². The van der Waals surface area contributed by atoms with E-state index >= 15 is 4.39 Å². The van der Waals surface area contributed by atoms with Crippen molar-refractivity contribution in [2.75, 3.05) is 6.61 Å². The fraction of sp³-hybridized carbons (Fsp3) is 0.281. The van der Waals surface area contributed by atoms with Gasteiger partial charge in [0.1, 0.15) is 0 Å². The fourth-order valence-corrected chi connectivity index (χ4v) is 14.4. The quantitative estimate of drug-likeness (QED) is 0.117. The van der Waals surface area contributed by atoms with Gasteiger partial charge in [0.25, 0.3) is 0 Å². The summed E-state index contributed by atoms with van der Waals surface area (Å²) in [5.41, 5.74) is -1.02. The molecule has 0 amide bonds. The summed E-state index contributed by atoms with van der Waals surface area (Å²) in [5.74, 6) is 0. The summed E-state index contributed by atoms with van der Waals surface area (Å²) in [7, 11) is -2.86. The summed E-state index contributed by atoms with van der Waals surface area (Å²) < 4.78 is 39.7. The third-order valence-electron chi connectivity index (χ3n) is 8.14. The molecule has 1 fully saturated rings. The third kappa shape index (κ3) is 5.06. The van der Waals surface area contributed by atoms with E-state index < -0.39 is 23.8 Å². The summed E-state index contributed by atoms with van der Waals surface area (Å²) in [5, 5.41) is 1.72. The van der Waals surface area contributed by atoms with Gasteiger partial charge in [-0.1, -0.05) is 0 Å². The minimum atomic E-state index is -2.86. The number of aromatic nitrogens is 4. The van der Waals surface area contributed by atoms with E-state index in [2.05, 4.69) is 76.0 Å². The molecule has 1 aliphatic rings. The van der Waals surface area contributed by atoms with E-state index in [0.717, 1.165) is 10.4 Å². The SMILES string of the molecule is CC(C)(C)[Si](OC[C@@H]1C[C@@](F)(c2ccccc2)[C@@]([SeH])(n2cnc3c(Cl)nc(F)nc32)S1)(c1ccccc1)c1ccccc1. The first-order valence-corrected chi connectivity index (χ1v) is 18.1. The Morgan fingerprint density at radius 3 is 2.09 bits per heavy atom. The van der Waals surface area contributed by atoms with E-state index in [-0.39, 0.29) is 33.0 Å². The molecule has 3 aromatic carbocycles. The maximum absolute atomic E-state index is 17.8. The van der Waals surface area contributed by atoms with Gasteiger partial charge in [-0.2, -0.15) is 0 Å². The maximum atomic E-state index is 17.8. The Hall–Kier alpha value is -2.59. The number of hydrogen-bond donors (Lipinski definition) is 0. The van der Waals surface area contributed by atoms with Crippen LogP contribution in [-0.2, 0) is 13.9 Å². The summed E-state index contributed by atoms with van der Waals surface area (Å²) in [6, 6.07) is 29.9. The Labute approximate surface area is 268 Å². The first kappa shape index (κ1) is 30.4. The number of benzene rings is 3. The molecule has 6 rings (SSSR count). The third-order valence-corrected chi connectivity index (χ3v) is 16.8. The van der Waals surface area contributed by atoms with Crippen molar-refractivity contribution in [1.82, 2.24) is 19.5 Å². The van der Waals surface area contributed by atoms with E-state index in [9.17, 15) is 4.39 Å². The number of halogens is 3. The molecule has 0 N–H and O–H groups in total. The van der Waals surface area contributed by atoms with Gasteiger partial charge in [-0.25, -0.2) is 0 Å². The molecular weight excluding hydrogens is 669 g/mol. The average molecular weight is 700 g/mol. The molecule has 0 unspecified atom stereocenters. The summed E-state index contributed by atoms with van der Waals surface area (Å²) in [6.45, 7) is 6.98. The zero-order valence-electron chi connectivity index (χ0n) is 23.9. The van der Waals surface area contributed by atoms with Gasteiger partial charge in [-0.3, -0.25) is 0 Å². The van der Waals surface area contributed by atoms with E-state index in [1.807, 2.05) is 54.6 Å². The first-order chi connectivity index (χ1) is 20.5.